The monoisotopic (exact) mass is 326 g/mol. The van der Waals surface area contributed by atoms with Gasteiger partial charge in [-0.05, 0) is 30.7 Å². The predicted molar refractivity (Wildman–Crippen MR) is 92.9 cm³/mol. The molecule has 0 heterocycles. The molecule has 0 saturated heterocycles. The summed E-state index contributed by atoms with van der Waals surface area (Å²) in [5, 5.41) is 15.6. The van der Waals surface area contributed by atoms with Gasteiger partial charge in [0.25, 0.3) is 11.8 Å². The molecule has 2 rings (SSSR count). The molecular weight excluding hydrogens is 304 g/mol. The molecule has 0 aliphatic heterocycles. The maximum absolute atomic E-state index is 12.3. The highest BCUT2D eigenvalue weighted by atomic mass is 16.3. The summed E-state index contributed by atoms with van der Waals surface area (Å²) in [6, 6.07) is 15.7. The highest BCUT2D eigenvalue weighted by Crippen LogP contribution is 2.09. The fraction of sp³-hybridized carbons (Fsp3) is 0.263. The molecule has 2 unspecified atom stereocenters. The fourth-order valence-corrected chi connectivity index (χ4v) is 2.36. The van der Waals surface area contributed by atoms with Gasteiger partial charge >= 0.3 is 0 Å². The zero-order valence-corrected chi connectivity index (χ0v) is 13.8. The molecule has 0 spiro atoms. The molecule has 126 valence electrons. The number of nitrogens with one attached hydrogen (secondary N) is 2. The van der Waals surface area contributed by atoms with Crippen LogP contribution in [0.25, 0.3) is 0 Å². The third-order valence-corrected chi connectivity index (χ3v) is 3.84. The van der Waals surface area contributed by atoms with Gasteiger partial charge in [0.15, 0.2) is 0 Å². The summed E-state index contributed by atoms with van der Waals surface area (Å²) in [5.41, 5.74) is 1.81. The van der Waals surface area contributed by atoms with Gasteiger partial charge in [-0.25, -0.2) is 0 Å². The van der Waals surface area contributed by atoms with Gasteiger partial charge in [-0.1, -0.05) is 36.4 Å². The Hall–Kier alpha value is -2.66. The van der Waals surface area contributed by atoms with Crippen molar-refractivity contribution in [1.29, 1.82) is 0 Å². The van der Waals surface area contributed by atoms with Crippen LogP contribution in [0.5, 0.6) is 0 Å². The number of aliphatic hydroxyl groups excluding tert-OH is 1. The maximum atomic E-state index is 12.3. The first kappa shape index (κ1) is 17.7. The van der Waals surface area contributed by atoms with Crippen LogP contribution in [-0.4, -0.2) is 36.1 Å². The molecule has 0 radical (unpaired) electrons. The summed E-state index contributed by atoms with van der Waals surface area (Å²) < 4.78 is 0. The lowest BCUT2D eigenvalue weighted by Crippen LogP contribution is -2.42. The molecule has 0 saturated carbocycles. The van der Waals surface area contributed by atoms with Crippen LogP contribution in [0.3, 0.4) is 0 Å². The molecule has 0 aliphatic rings. The number of benzene rings is 2. The summed E-state index contributed by atoms with van der Waals surface area (Å²) in [6.45, 7) is 1.76. The van der Waals surface area contributed by atoms with Crippen molar-refractivity contribution in [1.82, 2.24) is 10.6 Å². The zero-order valence-electron chi connectivity index (χ0n) is 13.8. The lowest BCUT2D eigenvalue weighted by atomic mass is 10.0. The normalized spacial score (nSPS) is 13.0. The highest BCUT2D eigenvalue weighted by molar-refractivity contribution is 5.99. The minimum atomic E-state index is -0.696. The highest BCUT2D eigenvalue weighted by Gasteiger charge is 2.18. The molecule has 3 N–H and O–H groups in total. The van der Waals surface area contributed by atoms with E-state index in [9.17, 15) is 14.7 Å². The van der Waals surface area contributed by atoms with Crippen molar-refractivity contribution in [3.63, 3.8) is 0 Å². The predicted octanol–water partition coefficient (Wildman–Crippen LogP) is 1.77. The minimum Gasteiger partial charge on any atom is -0.391 e. The number of rotatable bonds is 6. The van der Waals surface area contributed by atoms with Crippen LogP contribution in [-0.2, 0) is 6.42 Å². The fourth-order valence-electron chi connectivity index (χ4n) is 2.36. The third kappa shape index (κ3) is 4.67. The number of carbonyl (C=O) groups is 2. The molecule has 2 aromatic carbocycles. The molecule has 5 heteroatoms. The number of hydrogen-bond donors (Lipinski definition) is 3. The first-order valence-corrected chi connectivity index (χ1v) is 7.86. The third-order valence-electron chi connectivity index (χ3n) is 3.84. The lowest BCUT2D eigenvalue weighted by molar-refractivity contribution is 0.0852. The molecule has 0 aliphatic carbocycles. The van der Waals surface area contributed by atoms with Gasteiger partial charge in [-0.2, -0.15) is 0 Å². The molecule has 2 amide bonds. The van der Waals surface area contributed by atoms with Crippen LogP contribution in [0, 0.1) is 0 Å². The van der Waals surface area contributed by atoms with E-state index in [0.29, 0.717) is 17.5 Å². The first-order chi connectivity index (χ1) is 11.5. The van der Waals surface area contributed by atoms with Gasteiger partial charge in [-0.3, -0.25) is 9.59 Å². The molecule has 24 heavy (non-hydrogen) atoms. The number of amides is 2. The molecule has 0 fully saturated rings. The Bertz CT molecular complexity index is 701. The molecule has 0 bridgehead atoms. The van der Waals surface area contributed by atoms with Crippen LogP contribution in [0.2, 0.25) is 0 Å². The van der Waals surface area contributed by atoms with E-state index in [1.54, 1.807) is 25.1 Å². The van der Waals surface area contributed by atoms with Crippen LogP contribution in [0.4, 0.5) is 0 Å². The summed E-state index contributed by atoms with van der Waals surface area (Å²) >= 11 is 0. The number of carbonyl (C=O) groups excluding carboxylic acids is 2. The number of hydrogen-bond acceptors (Lipinski definition) is 3. The maximum Gasteiger partial charge on any atom is 0.251 e. The van der Waals surface area contributed by atoms with Crippen LogP contribution in [0.15, 0.2) is 54.6 Å². The molecule has 5 nitrogen and oxygen atoms in total. The van der Waals surface area contributed by atoms with Crippen molar-refractivity contribution in [2.45, 2.75) is 25.5 Å². The smallest absolute Gasteiger partial charge is 0.251 e. The standard InChI is InChI=1S/C19H22N2O3/c1-13(17(22)11-14-7-4-3-5-8-14)21-19(24)16-10-6-9-15(12-16)18(23)20-2/h3-10,12-13,17,22H,11H2,1-2H3,(H,20,23)(H,21,24). The van der Waals surface area contributed by atoms with Crippen molar-refractivity contribution in [2.75, 3.05) is 7.05 Å². The second kappa shape index (κ2) is 8.26. The zero-order chi connectivity index (χ0) is 17.5. The number of aliphatic hydroxyl groups is 1. The Morgan fingerprint density at radius 1 is 1.00 bits per heavy atom. The van der Waals surface area contributed by atoms with E-state index in [2.05, 4.69) is 10.6 Å². The van der Waals surface area contributed by atoms with Crippen molar-refractivity contribution in [3.8, 4) is 0 Å². The van der Waals surface area contributed by atoms with Gasteiger partial charge in [0.2, 0.25) is 0 Å². The van der Waals surface area contributed by atoms with Crippen LogP contribution >= 0.6 is 0 Å². The Balaban J connectivity index is 1.99. The van der Waals surface area contributed by atoms with Crippen molar-refractivity contribution in [3.05, 3.63) is 71.3 Å². The van der Waals surface area contributed by atoms with Crippen LogP contribution < -0.4 is 10.6 Å². The molecule has 2 atom stereocenters. The van der Waals surface area contributed by atoms with Gasteiger partial charge in [-0.15, -0.1) is 0 Å². The molecule has 0 aromatic heterocycles. The van der Waals surface area contributed by atoms with Gasteiger partial charge in [0.05, 0.1) is 12.1 Å². The SMILES string of the molecule is CNC(=O)c1cccc(C(=O)NC(C)C(O)Cc2ccccc2)c1. The quantitative estimate of drug-likeness (QED) is 0.757. The molecular formula is C19H22N2O3. The van der Waals surface area contributed by atoms with E-state index in [-0.39, 0.29) is 11.8 Å². The minimum absolute atomic E-state index is 0.248. The van der Waals surface area contributed by atoms with E-state index in [4.69, 9.17) is 0 Å². The topological polar surface area (TPSA) is 78.4 Å². The van der Waals surface area contributed by atoms with E-state index in [0.717, 1.165) is 5.56 Å². The Morgan fingerprint density at radius 3 is 2.25 bits per heavy atom. The van der Waals surface area contributed by atoms with Crippen molar-refractivity contribution < 1.29 is 14.7 Å². The largest absolute Gasteiger partial charge is 0.391 e. The van der Waals surface area contributed by atoms with Gasteiger partial charge in [0, 0.05) is 24.6 Å². The average Bonchev–Trinajstić information content (AvgIpc) is 2.61. The summed E-state index contributed by atoms with van der Waals surface area (Å²) in [4.78, 5) is 24.0. The van der Waals surface area contributed by atoms with Gasteiger partial charge in [0.1, 0.15) is 0 Å². The first-order valence-electron chi connectivity index (χ1n) is 7.86. The summed E-state index contributed by atoms with van der Waals surface area (Å²) in [5.74, 6) is -0.567. The Kier molecular flexibility index (Phi) is 6.09. The van der Waals surface area contributed by atoms with E-state index < -0.39 is 12.1 Å². The molecule has 2 aromatic rings. The van der Waals surface area contributed by atoms with E-state index >= 15 is 0 Å². The van der Waals surface area contributed by atoms with Crippen molar-refractivity contribution in [2.24, 2.45) is 0 Å². The second-order valence-corrected chi connectivity index (χ2v) is 5.68. The average molecular weight is 326 g/mol. The summed E-state index contributed by atoms with van der Waals surface area (Å²) in [6.07, 6.45) is -0.237. The Labute approximate surface area is 141 Å². The van der Waals surface area contributed by atoms with E-state index in [1.165, 1.54) is 13.1 Å². The Morgan fingerprint density at radius 2 is 1.62 bits per heavy atom. The van der Waals surface area contributed by atoms with Gasteiger partial charge < -0.3 is 15.7 Å². The van der Waals surface area contributed by atoms with E-state index in [1.807, 2.05) is 30.3 Å². The van der Waals surface area contributed by atoms with Crippen LogP contribution in [0.1, 0.15) is 33.2 Å². The summed E-state index contributed by atoms with van der Waals surface area (Å²) in [7, 11) is 1.54. The second-order valence-electron chi connectivity index (χ2n) is 5.68. The van der Waals surface area contributed by atoms with Crippen molar-refractivity contribution >= 4 is 11.8 Å². The lowest BCUT2D eigenvalue weighted by Gasteiger charge is -2.20.